The average Bonchev–Trinajstić information content (AvgIpc) is 1.68. The van der Waals surface area contributed by atoms with E-state index in [1.54, 1.807) is 0 Å². The van der Waals surface area contributed by atoms with E-state index in [0.29, 0.717) is 5.41 Å². The van der Waals surface area contributed by atoms with Crippen molar-refractivity contribution in [3.63, 3.8) is 0 Å². The molecule has 0 unspecified atom stereocenters. The first kappa shape index (κ1) is 39.6. The summed E-state index contributed by atoms with van der Waals surface area (Å²) in [6, 6.07) is 0. The third kappa shape index (κ3) is 22.4. The first-order chi connectivity index (χ1) is 3.12. The Hall–Kier alpha value is 0.292. The van der Waals surface area contributed by atoms with Crippen LogP contribution in [0.25, 0.3) is 0 Å². The van der Waals surface area contributed by atoms with Gasteiger partial charge in [-0.15, -0.1) is 0 Å². The second-order valence-corrected chi connectivity index (χ2v) is 2.66. The summed E-state index contributed by atoms with van der Waals surface area (Å²) < 4.78 is 0. The summed E-state index contributed by atoms with van der Waals surface area (Å²) in [6.45, 7) is 6.31. The van der Waals surface area contributed by atoms with Crippen LogP contribution in [0.5, 0.6) is 0 Å². The van der Waals surface area contributed by atoms with E-state index in [1.165, 1.54) is 0 Å². The van der Waals surface area contributed by atoms with Crippen LogP contribution in [0.3, 0.4) is 0 Å². The van der Waals surface area contributed by atoms with E-state index in [0.717, 1.165) is 13.1 Å². The van der Waals surface area contributed by atoms with Crippen molar-refractivity contribution in [1.82, 2.24) is 0 Å². The molecule has 0 rings (SSSR count). The molecule has 0 atom stereocenters. The smallest absolute Gasteiger partial charge is 2.00 e. The molecule has 6 N–H and O–H groups in total. The molecule has 0 bridgehead atoms. The molecule has 0 aliphatic carbocycles. The average molecular weight is 220 g/mol. The van der Waals surface area contributed by atoms with E-state index in [4.69, 9.17) is 0 Å². The Balaban J connectivity index is -0.0000000180. The van der Waals surface area contributed by atoms with Gasteiger partial charge in [0.15, 0.2) is 0 Å². The van der Waals surface area contributed by atoms with Gasteiger partial charge in [-0.25, -0.2) is 0 Å². The van der Waals surface area contributed by atoms with Crippen molar-refractivity contribution < 1.29 is 50.7 Å². The van der Waals surface area contributed by atoms with Crippen molar-refractivity contribution >= 4 is 0 Å². The zero-order valence-electron chi connectivity index (χ0n) is 7.37. The number of hydrogen-bond acceptors (Lipinski definition) is 0. The van der Waals surface area contributed by atoms with Crippen molar-refractivity contribution in [2.75, 3.05) is 13.1 Å². The first-order valence-electron chi connectivity index (χ1n) is 2.71. The maximum Gasteiger partial charge on any atom is 6.00 e. The van der Waals surface area contributed by atoms with Gasteiger partial charge in [0.1, 0.15) is 0 Å². The molecule has 76 valence electrons. The summed E-state index contributed by atoms with van der Waals surface area (Å²) in [7, 11) is 0. The molecule has 0 aliphatic rings. The molecule has 0 heterocycles. The SMILES string of the molecule is CC(C)(C[NH3+])C[NH3+].[Cr+6].[O-2].[O-2].[O-2].[O-2]. The zero-order valence-corrected chi connectivity index (χ0v) is 8.64. The molecule has 0 aromatic rings. The molecular weight excluding hydrogens is 204 g/mol. The van der Waals surface area contributed by atoms with Gasteiger partial charge in [0.25, 0.3) is 0 Å². The second kappa shape index (κ2) is 17.4. The topological polar surface area (TPSA) is 169 Å². The summed E-state index contributed by atoms with van der Waals surface area (Å²) in [4.78, 5) is 0. The largest absolute Gasteiger partial charge is 6.00 e. The summed E-state index contributed by atoms with van der Waals surface area (Å²) in [5, 5.41) is 0. The summed E-state index contributed by atoms with van der Waals surface area (Å²) in [6.07, 6.45) is 0. The van der Waals surface area contributed by atoms with Gasteiger partial charge < -0.3 is 33.4 Å². The predicted octanol–water partition coefficient (Wildman–Crippen LogP) is -1.98. The van der Waals surface area contributed by atoms with E-state index in [-0.39, 0.29) is 39.3 Å². The molecular formula is C5H16CrN2O4. The van der Waals surface area contributed by atoms with E-state index in [1.807, 2.05) is 0 Å². The standard InChI is InChI=1S/C5H14N2.Cr.4O/c1-5(2,3-6)4-7;;;;;/h3-4,6-7H2,1-2H3;;;;;/q;+6;4*-2/p+2. The fourth-order valence-corrected chi connectivity index (χ4v) is 0.125. The van der Waals surface area contributed by atoms with Gasteiger partial charge in [0, 0.05) is 0 Å². The van der Waals surface area contributed by atoms with Gasteiger partial charge in [-0.05, 0) is 13.8 Å². The summed E-state index contributed by atoms with van der Waals surface area (Å²) >= 11 is 0. The number of quaternary nitrogens is 2. The first-order valence-corrected chi connectivity index (χ1v) is 2.71. The van der Waals surface area contributed by atoms with E-state index in [2.05, 4.69) is 25.3 Å². The Morgan fingerprint density at radius 3 is 1.00 bits per heavy atom. The van der Waals surface area contributed by atoms with Gasteiger partial charge >= 0.3 is 17.4 Å². The van der Waals surface area contributed by atoms with Crippen LogP contribution in [0.4, 0.5) is 0 Å². The van der Waals surface area contributed by atoms with Crippen molar-refractivity contribution in [3.8, 4) is 0 Å². The molecule has 0 fully saturated rings. The number of rotatable bonds is 2. The van der Waals surface area contributed by atoms with Crippen molar-refractivity contribution in [1.29, 1.82) is 0 Å². The number of hydrogen-bond donors (Lipinski definition) is 2. The molecule has 0 amide bonds. The van der Waals surface area contributed by atoms with Crippen molar-refractivity contribution in [2.24, 2.45) is 5.41 Å². The van der Waals surface area contributed by atoms with Crippen LogP contribution in [0.15, 0.2) is 0 Å². The van der Waals surface area contributed by atoms with E-state index in [9.17, 15) is 0 Å². The zero-order chi connectivity index (χ0) is 5.91. The normalized spacial score (nSPS) is 7.00. The Morgan fingerprint density at radius 1 is 0.833 bits per heavy atom. The predicted molar refractivity (Wildman–Crippen MR) is 32.0 cm³/mol. The van der Waals surface area contributed by atoms with Crippen molar-refractivity contribution in [2.45, 2.75) is 13.8 Å². The minimum atomic E-state index is 0. The summed E-state index contributed by atoms with van der Waals surface area (Å²) in [5.41, 5.74) is 7.94. The van der Waals surface area contributed by atoms with Crippen LogP contribution in [0.2, 0.25) is 0 Å². The Morgan fingerprint density at radius 2 is 1.00 bits per heavy atom. The molecule has 0 aromatic heterocycles. The molecule has 0 radical (unpaired) electrons. The van der Waals surface area contributed by atoms with Crippen LogP contribution in [0, 0.1) is 5.41 Å². The van der Waals surface area contributed by atoms with Crippen molar-refractivity contribution in [3.05, 3.63) is 0 Å². The Bertz CT molecular complexity index is 59.4. The summed E-state index contributed by atoms with van der Waals surface area (Å²) in [5.74, 6) is 0. The van der Waals surface area contributed by atoms with Crippen LogP contribution < -0.4 is 11.5 Å². The van der Waals surface area contributed by atoms with Crippen LogP contribution in [-0.4, -0.2) is 13.1 Å². The van der Waals surface area contributed by atoms with Gasteiger partial charge in [-0.3, -0.25) is 0 Å². The molecule has 0 aliphatic heterocycles. The monoisotopic (exact) mass is 220 g/mol. The minimum Gasteiger partial charge on any atom is -2.00 e. The quantitative estimate of drug-likeness (QED) is 0.526. The van der Waals surface area contributed by atoms with Gasteiger partial charge in [0.05, 0.1) is 18.5 Å². The molecule has 0 aromatic carbocycles. The fraction of sp³-hybridized carbons (Fsp3) is 1.00. The van der Waals surface area contributed by atoms with E-state index < -0.39 is 0 Å². The van der Waals surface area contributed by atoms with E-state index >= 15 is 0 Å². The van der Waals surface area contributed by atoms with Crippen LogP contribution in [-0.2, 0) is 39.3 Å². The second-order valence-electron chi connectivity index (χ2n) is 2.66. The van der Waals surface area contributed by atoms with Gasteiger partial charge in [-0.1, -0.05) is 0 Å². The molecule has 7 heteroatoms. The Labute approximate surface area is 83.7 Å². The van der Waals surface area contributed by atoms with Gasteiger partial charge in [-0.2, -0.15) is 0 Å². The fourth-order valence-electron chi connectivity index (χ4n) is 0.125. The maximum absolute atomic E-state index is 3.79. The third-order valence-electron chi connectivity index (χ3n) is 1.35. The molecule has 12 heavy (non-hydrogen) atoms. The Kier molecular flexibility index (Phi) is 57.4. The molecule has 0 saturated heterocycles. The minimum absolute atomic E-state index is 0. The molecule has 0 spiro atoms. The van der Waals surface area contributed by atoms with Crippen LogP contribution in [0.1, 0.15) is 13.8 Å². The third-order valence-corrected chi connectivity index (χ3v) is 1.35. The van der Waals surface area contributed by atoms with Gasteiger partial charge in [0.2, 0.25) is 0 Å². The maximum atomic E-state index is 3.79. The van der Waals surface area contributed by atoms with Crippen LogP contribution >= 0.6 is 0 Å². The molecule has 6 nitrogen and oxygen atoms in total. The molecule has 0 saturated carbocycles.